The van der Waals surface area contributed by atoms with Crippen LogP contribution < -0.4 is 18.9 Å². The molecule has 0 aliphatic carbocycles. The number of nitro groups is 3. The fraction of sp³-hybridized carbons (Fsp3) is 0.217. The van der Waals surface area contributed by atoms with Gasteiger partial charge in [0.05, 0.1) is 57.8 Å². The van der Waals surface area contributed by atoms with Crippen LogP contribution in [0, 0.1) is 41.7 Å². The number of ether oxygens (including phenoxy) is 5. The van der Waals surface area contributed by atoms with E-state index in [0.717, 1.165) is 12.1 Å². The first-order valence-electron chi connectivity index (χ1n) is 11.4. The first-order chi connectivity index (χ1) is 19.5. The van der Waals surface area contributed by atoms with Gasteiger partial charge in [-0.05, 0) is 26.0 Å². The second-order valence-electron chi connectivity index (χ2n) is 7.46. The van der Waals surface area contributed by atoms with Crippen LogP contribution in [0.25, 0.3) is 0 Å². The maximum atomic E-state index is 12.0. The van der Waals surface area contributed by atoms with Gasteiger partial charge in [0, 0.05) is 6.07 Å². The Morgan fingerprint density at radius 2 is 1.41 bits per heavy atom. The number of esters is 1. The number of hydrogen-bond acceptors (Lipinski definition) is 15. The van der Waals surface area contributed by atoms with Crippen LogP contribution in [0.3, 0.4) is 0 Å². The second kappa shape index (κ2) is 13.1. The smallest absolute Gasteiger partial charge is 0.392 e. The number of nitriles is 1. The Hall–Kier alpha value is -6.12. The van der Waals surface area contributed by atoms with Crippen LogP contribution in [0.15, 0.2) is 36.4 Å². The standard InChI is InChI=1S/C23H18N6O12/c1-3-37-16-5-13(11-24)6-17(10-16)40-22-20(29(35)36)21(39-12-19(30)38-4-2)25-23(26-22)41-18-8-14(27(31)32)7-15(9-18)28(33)34/h5-10H,3-4,12H2,1-2H3. The molecule has 0 saturated heterocycles. The molecule has 0 unspecified atom stereocenters. The van der Waals surface area contributed by atoms with E-state index in [4.69, 9.17) is 23.7 Å². The van der Waals surface area contributed by atoms with Gasteiger partial charge in [-0.25, -0.2) is 4.79 Å². The summed E-state index contributed by atoms with van der Waals surface area (Å²) in [6.07, 6.45) is 0. The van der Waals surface area contributed by atoms with Crippen molar-refractivity contribution in [3.63, 3.8) is 0 Å². The van der Waals surface area contributed by atoms with Crippen molar-refractivity contribution in [1.29, 1.82) is 5.26 Å². The van der Waals surface area contributed by atoms with Crippen molar-refractivity contribution in [2.45, 2.75) is 13.8 Å². The SMILES string of the molecule is CCOC(=O)COc1nc(Oc2cc([N+](=O)[O-])cc([N+](=O)[O-])c2)nc(Oc2cc(C#N)cc(OCC)c2)c1[N+](=O)[O-]. The number of non-ortho nitro benzene ring substituents is 2. The van der Waals surface area contributed by atoms with Crippen LogP contribution in [0.2, 0.25) is 0 Å². The Kier molecular flexibility index (Phi) is 9.40. The van der Waals surface area contributed by atoms with Gasteiger partial charge in [-0.15, -0.1) is 0 Å². The van der Waals surface area contributed by atoms with E-state index in [1.807, 2.05) is 6.07 Å². The topological polar surface area (TPSA) is 242 Å². The molecule has 0 atom stereocenters. The molecule has 3 rings (SSSR count). The molecule has 3 aromatic rings. The molecule has 0 radical (unpaired) electrons. The fourth-order valence-corrected chi connectivity index (χ4v) is 3.10. The molecular formula is C23H18N6O12. The Morgan fingerprint density at radius 1 is 0.805 bits per heavy atom. The summed E-state index contributed by atoms with van der Waals surface area (Å²) in [7, 11) is 0. The van der Waals surface area contributed by atoms with Crippen LogP contribution >= 0.6 is 0 Å². The van der Waals surface area contributed by atoms with Gasteiger partial charge in [-0.1, -0.05) is 0 Å². The molecule has 212 valence electrons. The van der Waals surface area contributed by atoms with E-state index in [0.29, 0.717) is 6.07 Å². The summed E-state index contributed by atoms with van der Waals surface area (Å²) < 4.78 is 26.2. The van der Waals surface area contributed by atoms with Crippen molar-refractivity contribution >= 4 is 23.0 Å². The molecule has 0 spiro atoms. The van der Waals surface area contributed by atoms with E-state index in [9.17, 15) is 40.4 Å². The van der Waals surface area contributed by atoms with Crippen LogP contribution in [0.1, 0.15) is 19.4 Å². The Morgan fingerprint density at radius 3 is 1.98 bits per heavy atom. The Labute approximate surface area is 229 Å². The molecular weight excluding hydrogens is 552 g/mol. The third-order valence-corrected chi connectivity index (χ3v) is 4.66. The number of nitrogens with zero attached hydrogens (tertiary/aromatic N) is 6. The maximum Gasteiger partial charge on any atom is 0.392 e. The van der Waals surface area contributed by atoms with Gasteiger partial charge >= 0.3 is 29.4 Å². The minimum Gasteiger partial charge on any atom is -0.494 e. The largest absolute Gasteiger partial charge is 0.494 e. The lowest BCUT2D eigenvalue weighted by Crippen LogP contribution is -2.16. The average Bonchev–Trinajstić information content (AvgIpc) is 2.91. The van der Waals surface area contributed by atoms with E-state index in [1.165, 1.54) is 25.1 Å². The molecule has 2 aromatic carbocycles. The zero-order chi connectivity index (χ0) is 30.1. The van der Waals surface area contributed by atoms with Gasteiger partial charge in [0.15, 0.2) is 6.61 Å². The minimum atomic E-state index is -0.977. The van der Waals surface area contributed by atoms with Crippen molar-refractivity contribution in [2.75, 3.05) is 19.8 Å². The molecule has 18 nitrogen and oxygen atoms in total. The molecule has 0 fully saturated rings. The zero-order valence-electron chi connectivity index (χ0n) is 21.2. The molecule has 1 heterocycles. The number of benzene rings is 2. The number of aromatic nitrogens is 2. The third kappa shape index (κ3) is 7.70. The Bertz CT molecular complexity index is 1520. The lowest BCUT2D eigenvalue weighted by Gasteiger charge is -2.12. The highest BCUT2D eigenvalue weighted by Crippen LogP contribution is 2.40. The van der Waals surface area contributed by atoms with Gasteiger partial charge in [0.25, 0.3) is 11.4 Å². The fourth-order valence-electron chi connectivity index (χ4n) is 3.10. The minimum absolute atomic E-state index is 0.0141. The van der Waals surface area contributed by atoms with E-state index in [-0.39, 0.29) is 30.3 Å². The highest BCUT2D eigenvalue weighted by atomic mass is 16.6. The van der Waals surface area contributed by atoms with Gasteiger partial charge in [-0.2, -0.15) is 15.2 Å². The molecule has 0 aliphatic heterocycles. The predicted molar refractivity (Wildman–Crippen MR) is 133 cm³/mol. The van der Waals surface area contributed by atoms with Crippen LogP contribution in [-0.4, -0.2) is 50.5 Å². The van der Waals surface area contributed by atoms with E-state index in [2.05, 4.69) is 9.97 Å². The maximum absolute atomic E-state index is 12.0. The van der Waals surface area contributed by atoms with E-state index < -0.39 is 67.9 Å². The summed E-state index contributed by atoms with van der Waals surface area (Å²) in [6.45, 7) is 2.59. The second-order valence-corrected chi connectivity index (χ2v) is 7.46. The first-order valence-corrected chi connectivity index (χ1v) is 11.4. The molecule has 1 aromatic heterocycles. The normalized spacial score (nSPS) is 10.2. The molecule has 0 N–H and O–H groups in total. The summed E-state index contributed by atoms with van der Waals surface area (Å²) in [5.41, 5.74) is -2.31. The Balaban J connectivity index is 2.15. The number of nitro benzene ring substituents is 2. The van der Waals surface area contributed by atoms with Crippen molar-refractivity contribution < 1.29 is 43.2 Å². The summed E-state index contributed by atoms with van der Waals surface area (Å²) in [6, 6.07) is 7.36. The highest BCUT2D eigenvalue weighted by Gasteiger charge is 2.31. The third-order valence-electron chi connectivity index (χ3n) is 4.66. The molecule has 0 bridgehead atoms. The molecule has 0 amide bonds. The molecule has 0 saturated carbocycles. The molecule has 0 aliphatic rings. The van der Waals surface area contributed by atoms with Crippen molar-refractivity contribution in [3.8, 4) is 41.1 Å². The van der Waals surface area contributed by atoms with Gasteiger partial charge in [0.2, 0.25) is 0 Å². The number of carbonyl (C=O) groups excluding carboxylic acids is 1. The van der Waals surface area contributed by atoms with Gasteiger partial charge in [-0.3, -0.25) is 30.3 Å². The average molecular weight is 570 g/mol. The number of rotatable bonds is 13. The van der Waals surface area contributed by atoms with Crippen LogP contribution in [-0.2, 0) is 9.53 Å². The summed E-state index contributed by atoms with van der Waals surface area (Å²) in [5, 5.41) is 43.8. The van der Waals surface area contributed by atoms with Crippen LogP contribution in [0.4, 0.5) is 17.1 Å². The zero-order valence-corrected chi connectivity index (χ0v) is 21.2. The van der Waals surface area contributed by atoms with E-state index >= 15 is 0 Å². The molecule has 41 heavy (non-hydrogen) atoms. The molecule has 18 heteroatoms. The predicted octanol–water partition coefficient (Wildman–Crippen LogP) is 4.00. The summed E-state index contributed by atoms with van der Waals surface area (Å²) in [4.78, 5) is 51.1. The number of carbonyl (C=O) groups is 1. The lowest BCUT2D eigenvalue weighted by atomic mass is 10.2. The van der Waals surface area contributed by atoms with Crippen molar-refractivity contribution in [3.05, 3.63) is 72.3 Å². The van der Waals surface area contributed by atoms with Gasteiger partial charge < -0.3 is 23.7 Å². The lowest BCUT2D eigenvalue weighted by molar-refractivity contribution is -0.394. The van der Waals surface area contributed by atoms with Crippen LogP contribution in [0.5, 0.6) is 35.0 Å². The van der Waals surface area contributed by atoms with Crippen molar-refractivity contribution in [2.24, 2.45) is 0 Å². The monoisotopic (exact) mass is 570 g/mol. The highest BCUT2D eigenvalue weighted by molar-refractivity contribution is 5.71. The van der Waals surface area contributed by atoms with Crippen molar-refractivity contribution in [1.82, 2.24) is 9.97 Å². The summed E-state index contributed by atoms with van der Waals surface area (Å²) in [5.74, 6) is -2.95. The first kappa shape index (κ1) is 29.4. The number of hydrogen-bond donors (Lipinski definition) is 0. The summed E-state index contributed by atoms with van der Waals surface area (Å²) >= 11 is 0. The van der Waals surface area contributed by atoms with E-state index in [1.54, 1.807) is 6.92 Å². The quantitative estimate of drug-likeness (QED) is 0.160. The van der Waals surface area contributed by atoms with Gasteiger partial charge in [0.1, 0.15) is 17.2 Å².